The van der Waals surface area contributed by atoms with E-state index in [9.17, 15) is 30.6 Å². The van der Waals surface area contributed by atoms with Gasteiger partial charge in [0.25, 0.3) is 11.4 Å². The summed E-state index contributed by atoms with van der Waals surface area (Å²) >= 11 is 8.74. The SMILES string of the molecule is [C-]#[N+]/C(C#N)=C1\C(=C\c2cc3c(s2)-c2sc(-c4c5c(c(-c6cc7c(s6)-c6cc8c(cc6C7(C)C)-c6sc(/C=C7\C(=O)c9cc([N+]#[C-])c([N+]#[C-])cc9\C7=C(\C#N)[N+]#[C-])cc6C8(C)C)c6nsnc46)N=S=N5)cc2C3(C)C)C(=O)c2cc(C#N)c(C#N)cc21. The van der Waals surface area contributed by atoms with E-state index in [1.165, 1.54) is 57.2 Å². The van der Waals surface area contributed by atoms with Gasteiger partial charge < -0.3 is 0 Å². The van der Waals surface area contributed by atoms with E-state index in [-0.39, 0.29) is 72.9 Å². The van der Waals surface area contributed by atoms with Crippen LogP contribution in [-0.4, -0.2) is 20.3 Å². The Bertz CT molecular complexity index is 5540. The molecule has 0 radical (unpaired) electrons. The number of thiophene rings is 4. The second-order valence-corrected chi connectivity index (χ2v) is 28.3. The highest BCUT2D eigenvalue weighted by molar-refractivity contribution is 7.58. The molecule has 6 heterocycles. The number of fused-ring (bicyclic) bond motifs is 13. The molecule has 0 saturated heterocycles. The number of nitriles is 4. The number of Topliss-reactive ketones (excluding diaryl/α,β-unsaturated/α-hetero) is 2. The monoisotopic (exact) mass is 1230 g/mol. The van der Waals surface area contributed by atoms with E-state index in [1.54, 1.807) is 46.2 Å². The number of carbonyl (C=O) groups is 2. The lowest BCUT2D eigenvalue weighted by atomic mass is 9.79. The van der Waals surface area contributed by atoms with Crippen molar-refractivity contribution in [3.8, 4) is 75.8 Å². The van der Waals surface area contributed by atoms with E-state index in [1.807, 2.05) is 24.3 Å². The zero-order chi connectivity index (χ0) is 60.7. The highest BCUT2D eigenvalue weighted by Gasteiger charge is 2.46. The van der Waals surface area contributed by atoms with E-state index in [0.717, 1.165) is 119 Å². The molecule has 0 bridgehead atoms. The fraction of sp³-hybridized carbons (Fsp3) is 0.134. The van der Waals surface area contributed by atoms with E-state index in [4.69, 9.17) is 43.8 Å². The van der Waals surface area contributed by atoms with E-state index >= 15 is 0 Å². The van der Waals surface area contributed by atoms with Crippen molar-refractivity contribution in [2.24, 2.45) is 8.73 Å². The minimum atomic E-state index is -0.456. The van der Waals surface area contributed by atoms with E-state index in [0.29, 0.717) is 5.56 Å². The first-order valence-electron chi connectivity index (χ1n) is 26.5. The quantitative estimate of drug-likeness (QED) is 0.0942. The van der Waals surface area contributed by atoms with Gasteiger partial charge in [0.1, 0.15) is 34.5 Å². The largest absolute Gasteiger partial charge is 0.289 e. The number of benzene rings is 4. The first-order chi connectivity index (χ1) is 41.8. The Morgan fingerprint density at radius 2 is 0.897 bits per heavy atom. The number of allylic oxidation sites excluding steroid dienone is 6. The van der Waals surface area contributed by atoms with Gasteiger partial charge in [0.05, 0.1) is 72.6 Å². The van der Waals surface area contributed by atoms with Gasteiger partial charge in [0.2, 0.25) is 0 Å². The predicted octanol–water partition coefficient (Wildman–Crippen LogP) is 18.6. The Morgan fingerprint density at radius 3 is 1.39 bits per heavy atom. The Morgan fingerprint density at radius 1 is 0.494 bits per heavy atom. The van der Waals surface area contributed by atoms with Crippen molar-refractivity contribution in [3.63, 3.8) is 0 Å². The maximum atomic E-state index is 14.2. The first kappa shape index (κ1) is 53.3. The summed E-state index contributed by atoms with van der Waals surface area (Å²) < 4.78 is 20.0. The third kappa shape index (κ3) is 7.00. The normalized spacial score (nSPS) is 17.7. The topological polar surface area (TPSA) is 197 Å². The fourth-order valence-electron chi connectivity index (χ4n) is 13.2. The van der Waals surface area contributed by atoms with Gasteiger partial charge in [-0.2, -0.15) is 28.0 Å². The van der Waals surface area contributed by atoms with Crippen LogP contribution >= 0.6 is 57.1 Å². The smallest absolute Gasteiger partial charge is 0.270 e. The highest BCUT2D eigenvalue weighted by Crippen LogP contribution is 2.64. The molecule has 5 aromatic heterocycles. The molecule has 406 valence electrons. The molecular weight excluding hydrogens is 1200 g/mol. The van der Waals surface area contributed by atoms with Gasteiger partial charge in [-0.15, -0.1) is 45.3 Å². The van der Waals surface area contributed by atoms with E-state index in [2.05, 4.69) is 97.3 Å². The number of hydrogen-bond acceptors (Lipinski definition) is 15. The average molecular weight is 1230 g/mol. The standard InChI is InChI=1S/C67H30N12O2S6/c1-65(2)39-18-36-40(17-35(39)61-41(65)15-29(82-61)13-38-52(48(26-71)75-10)32-19-45(72-7)46(73-8)20-34(32)60(38)81)66(3,4)43-21-49(84-62(36)43)53-55-57(78-86-76-55)54(58-56(53)77-87-79-58)50-22-44-64(85-50)63-42(67(44,5)6)16-30(83-63)14-37-51(47(25-70)74-9)31-11-27(23-68)28(24-69)12-33(31)59(37)80/h11-22H,1-6H3/b37-14-,38-13-,51-47-,52-48+. The van der Waals surface area contributed by atoms with Crippen molar-refractivity contribution in [1.29, 1.82) is 21.0 Å². The molecule has 20 heteroatoms. The zero-order valence-electron chi connectivity index (χ0n) is 46.1. The molecule has 9 aromatic rings. The minimum absolute atomic E-state index is 0.0393. The number of ketones is 2. The summed E-state index contributed by atoms with van der Waals surface area (Å²) in [6.45, 7) is 44.2. The Balaban J connectivity index is 0.787. The molecule has 4 aromatic carbocycles. The van der Waals surface area contributed by atoms with Gasteiger partial charge in [-0.1, -0.05) is 53.7 Å². The first-order valence-corrected chi connectivity index (χ1v) is 31.3. The molecule has 0 saturated carbocycles. The number of carbonyl (C=O) groups excluding carboxylic acids is 2. The van der Waals surface area contributed by atoms with Crippen LogP contribution in [0.3, 0.4) is 0 Å². The summed E-state index contributed by atoms with van der Waals surface area (Å²) in [7, 11) is 0. The molecule has 0 unspecified atom stereocenters. The van der Waals surface area contributed by atoms with Crippen molar-refractivity contribution in [2.75, 3.05) is 0 Å². The third-order valence-electron chi connectivity index (χ3n) is 17.6. The molecule has 15 rings (SSSR count). The summed E-state index contributed by atoms with van der Waals surface area (Å²) in [5, 5.41) is 39.7. The summed E-state index contributed by atoms with van der Waals surface area (Å²) in [5.74, 6) is -0.832. The molecule has 0 atom stereocenters. The van der Waals surface area contributed by atoms with Gasteiger partial charge >= 0.3 is 0 Å². The number of nitrogens with zero attached hydrogens (tertiary/aromatic N) is 12. The second kappa shape index (κ2) is 18.3. The lowest BCUT2D eigenvalue weighted by Gasteiger charge is -2.24. The van der Waals surface area contributed by atoms with Gasteiger partial charge in [0.15, 0.2) is 22.9 Å². The van der Waals surface area contributed by atoms with Gasteiger partial charge in [-0.3, -0.25) is 19.3 Å². The number of rotatable bonds is 4. The van der Waals surface area contributed by atoms with Crippen molar-refractivity contribution >= 4 is 137 Å². The van der Waals surface area contributed by atoms with Crippen molar-refractivity contribution in [2.45, 2.75) is 57.8 Å². The number of aromatic nitrogens is 2. The molecule has 0 fully saturated rings. The third-order valence-corrected chi connectivity index (χ3v) is 23.3. The second-order valence-electron chi connectivity index (χ2n) is 22.9. The van der Waals surface area contributed by atoms with Crippen molar-refractivity contribution in [3.05, 3.63) is 205 Å². The lowest BCUT2D eigenvalue weighted by molar-refractivity contribution is 0.103. The van der Waals surface area contributed by atoms with Crippen LogP contribution in [0.4, 0.5) is 22.7 Å². The average Bonchev–Trinajstić information content (AvgIpc) is 1.56. The molecular formula is C67H30N12O2S6. The van der Waals surface area contributed by atoms with Gasteiger partial charge in [-0.25, -0.2) is 20.2 Å². The predicted molar refractivity (Wildman–Crippen MR) is 342 cm³/mol. The molecule has 6 aliphatic rings. The highest BCUT2D eigenvalue weighted by atomic mass is 32.1. The van der Waals surface area contributed by atoms with Gasteiger partial charge in [-0.05, 0) is 116 Å². The lowest BCUT2D eigenvalue weighted by Crippen LogP contribution is -2.16. The molecule has 14 nitrogen and oxygen atoms in total. The molecule has 0 amide bonds. The van der Waals surface area contributed by atoms with Gasteiger partial charge in [0, 0.05) is 99.8 Å². The summed E-state index contributed by atoms with van der Waals surface area (Å²) in [4.78, 5) is 50.1. The maximum Gasteiger partial charge on any atom is 0.270 e. The van der Waals surface area contributed by atoms with Crippen LogP contribution in [0.2, 0.25) is 0 Å². The van der Waals surface area contributed by atoms with E-state index < -0.39 is 27.8 Å². The van der Waals surface area contributed by atoms with Crippen molar-refractivity contribution in [1.82, 2.24) is 8.75 Å². The fourth-order valence-corrected chi connectivity index (χ4v) is 19.8. The van der Waals surface area contributed by atoms with Crippen LogP contribution in [0.5, 0.6) is 0 Å². The van der Waals surface area contributed by atoms with Crippen LogP contribution in [0, 0.1) is 71.6 Å². The Labute approximate surface area is 520 Å². The van der Waals surface area contributed by atoms with Crippen LogP contribution in [0.25, 0.3) is 105 Å². The zero-order valence-corrected chi connectivity index (χ0v) is 51.0. The molecule has 87 heavy (non-hydrogen) atoms. The molecule has 5 aliphatic carbocycles. The van der Waals surface area contributed by atoms with Crippen molar-refractivity contribution < 1.29 is 9.59 Å². The summed E-state index contributed by atoms with van der Waals surface area (Å²) in [6.07, 6.45) is 3.46. The summed E-state index contributed by atoms with van der Waals surface area (Å²) in [5.41, 5.74) is 13.8. The van der Waals surface area contributed by atoms with Crippen LogP contribution in [0.15, 0.2) is 91.9 Å². The molecule has 0 N–H and O–H groups in total. The van der Waals surface area contributed by atoms with Crippen LogP contribution in [0.1, 0.15) is 128 Å². The molecule has 1 aliphatic heterocycles. The number of hydrogen-bond donors (Lipinski definition) is 0. The Kier molecular flexibility index (Phi) is 11.2. The maximum absolute atomic E-state index is 14.2. The van der Waals surface area contributed by atoms with Crippen LogP contribution in [-0.2, 0) is 27.6 Å². The Hall–Kier alpha value is -10.5. The van der Waals surface area contributed by atoms with Crippen LogP contribution < -0.4 is 0 Å². The molecule has 0 spiro atoms. The summed E-state index contributed by atoms with van der Waals surface area (Å²) in [6, 6.07) is 26.9. The minimum Gasteiger partial charge on any atom is -0.289 e.